The third-order valence-electron chi connectivity index (χ3n) is 8.16. The van der Waals surface area contributed by atoms with Crippen LogP contribution in [0, 0.1) is 23.2 Å². The first-order chi connectivity index (χ1) is 17.2. The second-order valence-electron chi connectivity index (χ2n) is 10.4. The summed E-state index contributed by atoms with van der Waals surface area (Å²) in [6, 6.07) is 6.96. The number of thiazole rings is 1. The van der Waals surface area contributed by atoms with Gasteiger partial charge in [-0.3, -0.25) is 14.9 Å². The number of aromatic nitrogens is 1. The Hall–Kier alpha value is -2.49. The van der Waals surface area contributed by atoms with Crippen molar-refractivity contribution in [3.05, 3.63) is 40.4 Å². The largest absolute Gasteiger partial charge is 0.497 e. The van der Waals surface area contributed by atoms with Crippen molar-refractivity contribution in [3.8, 4) is 5.75 Å². The topological polar surface area (TPSA) is 110 Å². The van der Waals surface area contributed by atoms with Gasteiger partial charge in [-0.25, -0.2) is 4.98 Å². The second-order valence-corrected chi connectivity index (χ2v) is 11.5. The predicted molar refractivity (Wildman–Crippen MR) is 140 cm³/mol. The van der Waals surface area contributed by atoms with Gasteiger partial charge in [-0.2, -0.15) is 0 Å². The lowest BCUT2D eigenvalue weighted by atomic mass is 9.53. The maximum atomic E-state index is 12.8. The number of aliphatic hydroxyl groups is 1. The highest BCUT2D eigenvalue weighted by Gasteiger charge is 2.53. The molecule has 2 aromatic rings. The number of carbonyl (C=O) groups excluding carboxylic acids is 2. The van der Waals surface area contributed by atoms with Gasteiger partial charge in [0.1, 0.15) is 5.75 Å². The van der Waals surface area contributed by atoms with E-state index < -0.39 is 6.10 Å². The lowest BCUT2D eigenvalue weighted by molar-refractivity contribution is -0.135. The van der Waals surface area contributed by atoms with Crippen molar-refractivity contribution in [2.24, 2.45) is 23.2 Å². The van der Waals surface area contributed by atoms with Gasteiger partial charge >= 0.3 is 0 Å². The number of fused-ring (bicyclic) bond motifs is 2. The number of rotatable bonds is 8. The van der Waals surface area contributed by atoms with E-state index in [4.69, 9.17) is 14.5 Å². The molecule has 1 aromatic heterocycles. The van der Waals surface area contributed by atoms with Gasteiger partial charge < -0.3 is 19.9 Å². The number of amides is 2. The molecule has 0 spiro atoms. The zero-order valence-electron chi connectivity index (χ0n) is 21.7. The zero-order chi connectivity index (χ0) is 26.0. The lowest BCUT2D eigenvalue weighted by Crippen LogP contribution is -2.53. The molecule has 2 amide bonds. The van der Waals surface area contributed by atoms with E-state index in [-0.39, 0.29) is 40.9 Å². The van der Waals surface area contributed by atoms with Crippen LogP contribution < -0.4 is 15.4 Å². The number of nitrogens with zero attached hydrogens (tertiary/aromatic N) is 1. The predicted octanol–water partition coefficient (Wildman–Crippen LogP) is 3.86. The molecular weight excluding hydrogens is 478 g/mol. The molecule has 1 heterocycles. The Morgan fingerprint density at radius 1 is 1.28 bits per heavy atom. The van der Waals surface area contributed by atoms with Crippen LogP contribution in [0.4, 0.5) is 5.13 Å². The normalized spacial score (nSPS) is 27.9. The van der Waals surface area contributed by atoms with E-state index in [0.29, 0.717) is 29.6 Å². The van der Waals surface area contributed by atoms with Crippen molar-refractivity contribution in [1.29, 1.82) is 0 Å². The van der Waals surface area contributed by atoms with Crippen LogP contribution in [-0.2, 0) is 16.0 Å². The summed E-state index contributed by atoms with van der Waals surface area (Å²) >= 11 is 1.52. The van der Waals surface area contributed by atoms with Crippen LogP contribution >= 0.6 is 11.3 Å². The molecule has 1 fully saturated rings. The van der Waals surface area contributed by atoms with E-state index in [0.717, 1.165) is 25.0 Å². The first-order valence-corrected chi connectivity index (χ1v) is 13.4. The molecule has 4 rings (SSSR count). The molecule has 0 bridgehead atoms. The zero-order valence-corrected chi connectivity index (χ0v) is 22.5. The fraction of sp³-hybridized carbons (Fsp3) is 0.593. The van der Waals surface area contributed by atoms with E-state index in [2.05, 4.69) is 24.5 Å². The first kappa shape index (κ1) is 26.6. The Morgan fingerprint density at radius 2 is 2.00 bits per heavy atom. The number of aliphatic hydroxyl groups excluding tert-OH is 1. The minimum Gasteiger partial charge on any atom is -0.497 e. The number of ether oxygens (including phenoxy) is 2. The van der Waals surface area contributed by atoms with Gasteiger partial charge in [0.25, 0.3) is 5.91 Å². The van der Waals surface area contributed by atoms with E-state index >= 15 is 0 Å². The number of hydrogen-bond donors (Lipinski definition) is 3. The Kier molecular flexibility index (Phi) is 8.02. The molecule has 6 atom stereocenters. The van der Waals surface area contributed by atoms with E-state index in [9.17, 15) is 14.7 Å². The minimum atomic E-state index is -0.603. The molecule has 8 nitrogen and oxygen atoms in total. The van der Waals surface area contributed by atoms with Crippen LogP contribution in [0.2, 0.25) is 0 Å². The molecule has 2 aliphatic rings. The molecule has 0 aliphatic heterocycles. The number of nitrogens with one attached hydrogen (secondary N) is 2. The molecule has 1 aromatic carbocycles. The highest BCUT2D eigenvalue weighted by molar-refractivity contribution is 7.15. The average Bonchev–Trinajstić information content (AvgIpc) is 3.25. The Bertz CT molecular complexity index is 1090. The standard InChI is InChI=1S/C27H37N3O5S/c1-15(24(32)28-12-13-34-4)19-10-11-27(3)14-20-22(16(2)21(27)23(19)31)29-26(36-20)30-25(33)17-6-8-18(35-5)9-7-17/h6-9,15-16,19,21,23,31H,10-14H2,1-5H3,(H,28,32)(H,29,30,33)/t15-,16-,19+,21+,23-,27+/m0/s1. The fourth-order valence-electron chi connectivity index (χ4n) is 6.14. The Morgan fingerprint density at radius 3 is 2.67 bits per heavy atom. The number of methoxy groups -OCH3 is 2. The van der Waals surface area contributed by atoms with Crippen LogP contribution in [0.1, 0.15) is 60.5 Å². The van der Waals surface area contributed by atoms with Crippen LogP contribution in [0.25, 0.3) is 0 Å². The van der Waals surface area contributed by atoms with Gasteiger partial charge in [0, 0.05) is 35.9 Å². The highest BCUT2D eigenvalue weighted by atomic mass is 32.1. The Balaban J connectivity index is 1.49. The van der Waals surface area contributed by atoms with Crippen LogP contribution in [0.15, 0.2) is 24.3 Å². The molecule has 0 saturated heterocycles. The monoisotopic (exact) mass is 515 g/mol. The molecule has 0 unspecified atom stereocenters. The van der Waals surface area contributed by atoms with E-state index in [1.807, 2.05) is 6.92 Å². The summed E-state index contributed by atoms with van der Waals surface area (Å²) in [6.45, 7) is 7.20. The molecule has 196 valence electrons. The molecule has 3 N–H and O–H groups in total. The van der Waals surface area contributed by atoms with Crippen molar-refractivity contribution in [3.63, 3.8) is 0 Å². The molecule has 1 saturated carbocycles. The van der Waals surface area contributed by atoms with Crippen LogP contribution in [0.5, 0.6) is 5.75 Å². The van der Waals surface area contributed by atoms with Gasteiger partial charge in [-0.1, -0.05) is 20.8 Å². The number of anilines is 1. The van der Waals surface area contributed by atoms with E-state index in [1.165, 1.54) is 16.2 Å². The summed E-state index contributed by atoms with van der Waals surface area (Å²) < 4.78 is 10.2. The van der Waals surface area contributed by atoms with Crippen molar-refractivity contribution >= 4 is 28.3 Å². The first-order valence-electron chi connectivity index (χ1n) is 12.6. The van der Waals surface area contributed by atoms with Crippen molar-refractivity contribution in [2.75, 3.05) is 32.7 Å². The third kappa shape index (κ3) is 5.14. The maximum absolute atomic E-state index is 12.8. The average molecular weight is 516 g/mol. The second kappa shape index (κ2) is 10.9. The quantitative estimate of drug-likeness (QED) is 0.461. The number of carbonyl (C=O) groups is 2. The summed E-state index contributed by atoms with van der Waals surface area (Å²) in [5.74, 6) is 0.0507. The molecule has 9 heteroatoms. The fourth-order valence-corrected chi connectivity index (χ4v) is 7.40. The summed E-state index contributed by atoms with van der Waals surface area (Å²) in [4.78, 5) is 31.5. The SMILES string of the molecule is COCCNC(=O)[C@@H](C)[C@H]1CC[C@]2(C)Cc3sc(NC(=O)c4ccc(OC)cc4)nc3[C@@H](C)[C@@H]2[C@H]1O. The number of benzene rings is 1. The lowest BCUT2D eigenvalue weighted by Gasteiger charge is -2.53. The highest BCUT2D eigenvalue weighted by Crippen LogP contribution is 2.57. The van der Waals surface area contributed by atoms with Gasteiger partial charge in [0.2, 0.25) is 5.91 Å². The Labute approximate surface area is 216 Å². The maximum Gasteiger partial charge on any atom is 0.257 e. The van der Waals surface area contributed by atoms with Gasteiger partial charge in [-0.15, -0.1) is 11.3 Å². The van der Waals surface area contributed by atoms with Crippen LogP contribution in [-0.4, -0.2) is 55.4 Å². The third-order valence-corrected chi connectivity index (χ3v) is 9.14. The molecule has 2 aliphatic carbocycles. The van der Waals surface area contributed by atoms with Crippen molar-refractivity contribution < 1.29 is 24.2 Å². The summed E-state index contributed by atoms with van der Waals surface area (Å²) in [5, 5.41) is 18.0. The van der Waals surface area contributed by atoms with Gasteiger partial charge in [0.15, 0.2) is 5.13 Å². The van der Waals surface area contributed by atoms with E-state index in [1.54, 1.807) is 38.5 Å². The van der Waals surface area contributed by atoms with Crippen LogP contribution in [0.3, 0.4) is 0 Å². The smallest absolute Gasteiger partial charge is 0.257 e. The minimum absolute atomic E-state index is 0.00906. The van der Waals surface area contributed by atoms with Gasteiger partial charge in [0.05, 0.1) is 25.5 Å². The summed E-state index contributed by atoms with van der Waals surface area (Å²) in [6.07, 6.45) is 1.94. The molecule has 0 radical (unpaired) electrons. The molecule has 36 heavy (non-hydrogen) atoms. The van der Waals surface area contributed by atoms with Crippen molar-refractivity contribution in [1.82, 2.24) is 10.3 Å². The molecular formula is C27H37N3O5S. The van der Waals surface area contributed by atoms with Gasteiger partial charge in [-0.05, 0) is 60.8 Å². The summed E-state index contributed by atoms with van der Waals surface area (Å²) in [7, 11) is 3.19. The number of hydrogen-bond acceptors (Lipinski definition) is 7. The van der Waals surface area contributed by atoms with Crippen molar-refractivity contribution in [2.45, 2.75) is 52.1 Å². The summed E-state index contributed by atoms with van der Waals surface area (Å²) in [5.41, 5.74) is 1.40.